The predicted molar refractivity (Wildman–Crippen MR) is 21.6 cm³/mol. The summed E-state index contributed by atoms with van der Waals surface area (Å²) in [5.41, 5.74) is 3.92. The number of primary amides is 1. The van der Waals surface area contributed by atoms with E-state index in [1.165, 1.54) is 0 Å². The van der Waals surface area contributed by atoms with Crippen molar-refractivity contribution in [3.05, 3.63) is 0 Å². The molecule has 0 aliphatic rings. The number of carbonyl (C=O) groups excluding carboxylic acids is 1. The molecule has 5 nitrogen and oxygen atoms in total. The summed E-state index contributed by atoms with van der Waals surface area (Å²) < 4.78 is 0. The molecule has 0 aliphatic heterocycles. The summed E-state index contributed by atoms with van der Waals surface area (Å²) in [6.45, 7) is 0. The van der Waals surface area contributed by atoms with Crippen molar-refractivity contribution in [2.75, 3.05) is 0 Å². The van der Waals surface area contributed by atoms with Crippen LogP contribution in [0.4, 0.5) is 4.79 Å². The Hall–Kier alpha value is -0.330. The van der Waals surface area contributed by atoms with Gasteiger partial charge in [-0.2, -0.15) is 0 Å². The lowest BCUT2D eigenvalue weighted by Crippen LogP contribution is -3.00. The average Bonchev–Trinajstić information content (AvgIpc) is 0.811. The molecule has 0 fully saturated rings. The standard InChI is InChI=1S/CH3NO2.BrH.2H3N/c2-1(3)4;;;/h2H2,(H,3,4);1H;2*1H3. The molecule has 6 heteroatoms. The third kappa shape index (κ3) is 701. The van der Waals surface area contributed by atoms with Crippen LogP contribution < -0.4 is 40.1 Å². The molecule has 0 aromatic carbocycles. The van der Waals surface area contributed by atoms with E-state index in [0.29, 0.717) is 0 Å². The molecule has 0 unspecified atom stereocenters. The lowest BCUT2D eigenvalue weighted by molar-refractivity contribution is -0.245. The normalized spacial score (nSPS) is 3.43. The van der Waals surface area contributed by atoms with Crippen LogP contribution in [-0.2, 0) is 0 Å². The number of amides is 1. The lowest BCUT2D eigenvalue weighted by Gasteiger charge is -1.78. The zero-order chi connectivity index (χ0) is 3.58. The van der Waals surface area contributed by atoms with E-state index in [0.717, 1.165) is 0 Å². The van der Waals surface area contributed by atoms with E-state index in [2.05, 4.69) is 5.73 Å². The Kier molecular flexibility index (Phi) is 74.5. The zero-order valence-corrected chi connectivity index (χ0v) is 5.86. The van der Waals surface area contributed by atoms with E-state index < -0.39 is 6.09 Å². The van der Waals surface area contributed by atoms with Crippen molar-refractivity contribution in [2.24, 2.45) is 5.73 Å². The minimum Gasteiger partial charge on any atom is -1.00 e. The van der Waals surface area contributed by atoms with Crippen LogP contribution in [0.15, 0.2) is 0 Å². The van der Waals surface area contributed by atoms with Gasteiger partial charge >= 0.3 is 0 Å². The first-order chi connectivity index (χ1) is 1.73. The second-order valence-corrected chi connectivity index (χ2v) is 0.319. The molecule has 0 atom stereocenters. The molecular formula is CH10BrN3O2. The zero-order valence-electron chi connectivity index (χ0n) is 4.27. The molecule has 1 amide bonds. The molecule has 0 heterocycles. The Bertz CT molecular complexity index is 35.9. The summed E-state index contributed by atoms with van der Waals surface area (Å²) in [5.74, 6) is 0. The molecule has 0 spiro atoms. The number of nitrogens with two attached hydrogens (primary N) is 1. The molecule has 0 saturated heterocycles. The molecular weight excluding hydrogens is 166 g/mol. The summed E-state index contributed by atoms with van der Waals surface area (Å²) in [6.07, 6.45) is -1.58. The number of carboxylic acid groups (broad SMARTS) is 1. The summed E-state index contributed by atoms with van der Waals surface area (Å²) in [7, 11) is 0. The molecule has 10 N–H and O–H groups in total. The van der Waals surface area contributed by atoms with Crippen LogP contribution in [-0.4, -0.2) is 6.09 Å². The fourth-order valence-electron chi connectivity index (χ4n) is 0. The molecule has 0 aromatic heterocycles. The highest BCUT2D eigenvalue weighted by Crippen LogP contribution is 1.23. The van der Waals surface area contributed by atoms with E-state index in [1.807, 2.05) is 0 Å². The van der Waals surface area contributed by atoms with Gasteiger partial charge in [-0.1, -0.05) is 0 Å². The van der Waals surface area contributed by atoms with Crippen LogP contribution in [0.1, 0.15) is 0 Å². The van der Waals surface area contributed by atoms with Gasteiger partial charge in [0.1, 0.15) is 6.09 Å². The number of hydrogen-bond acceptors (Lipinski definition) is 2. The topological polar surface area (TPSA) is 139 Å². The number of hydrogen-bond donors (Lipinski definition) is 3. The van der Waals surface area contributed by atoms with E-state index in [4.69, 9.17) is 9.90 Å². The maximum Gasteiger partial charge on any atom is 0.131 e. The van der Waals surface area contributed by atoms with Crippen LogP contribution in [0.25, 0.3) is 0 Å². The molecule has 0 saturated carbocycles. The highest BCUT2D eigenvalue weighted by Gasteiger charge is 1.44. The van der Waals surface area contributed by atoms with Gasteiger partial charge in [0, 0.05) is 0 Å². The minimum atomic E-state index is -1.58. The predicted octanol–water partition coefficient (Wildman–Crippen LogP) is -3.96. The van der Waals surface area contributed by atoms with Crippen molar-refractivity contribution < 1.29 is 26.9 Å². The van der Waals surface area contributed by atoms with Gasteiger partial charge in [0.05, 0.1) is 0 Å². The summed E-state index contributed by atoms with van der Waals surface area (Å²) >= 11 is 0. The monoisotopic (exact) mass is 175 g/mol. The van der Waals surface area contributed by atoms with Gasteiger partial charge < -0.3 is 44.9 Å². The van der Waals surface area contributed by atoms with Crippen molar-refractivity contribution in [1.29, 1.82) is 0 Å². The largest absolute Gasteiger partial charge is 1.00 e. The minimum absolute atomic E-state index is 0. The van der Waals surface area contributed by atoms with Crippen LogP contribution in [0.3, 0.4) is 0 Å². The molecule has 0 rings (SSSR count). The first kappa shape index (κ1) is 30.1. The Morgan fingerprint density at radius 3 is 1.43 bits per heavy atom. The second-order valence-electron chi connectivity index (χ2n) is 0.319. The average molecular weight is 176 g/mol. The quantitative estimate of drug-likeness (QED) is 0.346. The first-order valence-corrected chi connectivity index (χ1v) is 0.697. The van der Waals surface area contributed by atoms with E-state index >= 15 is 0 Å². The summed E-state index contributed by atoms with van der Waals surface area (Å²) in [4.78, 5) is 8.67. The molecule has 48 valence electrons. The second kappa shape index (κ2) is 17.3. The summed E-state index contributed by atoms with van der Waals surface area (Å²) in [5, 5.41) is 8.67. The highest BCUT2D eigenvalue weighted by atomic mass is 79.9. The van der Waals surface area contributed by atoms with Gasteiger partial charge in [0.2, 0.25) is 0 Å². The first-order valence-electron chi connectivity index (χ1n) is 0.697. The third-order valence-electron chi connectivity index (χ3n) is 0. The molecule has 0 bridgehead atoms. The van der Waals surface area contributed by atoms with Gasteiger partial charge in [0.15, 0.2) is 0 Å². The Morgan fingerprint density at radius 2 is 1.43 bits per heavy atom. The molecule has 0 aliphatic carbocycles. The number of carbonyl (C=O) groups is 1. The summed E-state index contributed by atoms with van der Waals surface area (Å²) in [6, 6.07) is 0. The Balaban J connectivity index is -0.0000000150. The van der Waals surface area contributed by atoms with Gasteiger partial charge in [-0.15, -0.1) is 0 Å². The van der Waals surface area contributed by atoms with Crippen LogP contribution in [0, 0.1) is 0 Å². The number of halogens is 1. The van der Waals surface area contributed by atoms with Gasteiger partial charge in [-0.05, 0) is 0 Å². The Labute approximate surface area is 51.8 Å². The van der Waals surface area contributed by atoms with Gasteiger partial charge in [-0.25, -0.2) is 0 Å². The maximum atomic E-state index is 8.67. The maximum absolute atomic E-state index is 8.67. The van der Waals surface area contributed by atoms with Gasteiger partial charge in [0.25, 0.3) is 0 Å². The van der Waals surface area contributed by atoms with Crippen molar-refractivity contribution >= 4 is 6.09 Å². The van der Waals surface area contributed by atoms with Crippen molar-refractivity contribution in [2.45, 2.75) is 0 Å². The van der Waals surface area contributed by atoms with Crippen LogP contribution >= 0.6 is 0 Å². The van der Waals surface area contributed by atoms with E-state index in [1.54, 1.807) is 0 Å². The fraction of sp³-hybridized carbons (Fsp3) is 0. The van der Waals surface area contributed by atoms with Crippen LogP contribution in [0.5, 0.6) is 0 Å². The number of quaternary nitrogens is 2. The molecule has 0 radical (unpaired) electrons. The highest BCUT2D eigenvalue weighted by molar-refractivity contribution is 5.58. The van der Waals surface area contributed by atoms with Crippen LogP contribution in [0.2, 0.25) is 0 Å². The smallest absolute Gasteiger partial charge is 0.131 e. The molecule has 7 heavy (non-hydrogen) atoms. The number of rotatable bonds is 0. The Morgan fingerprint density at radius 1 is 1.43 bits per heavy atom. The van der Waals surface area contributed by atoms with E-state index in [9.17, 15) is 0 Å². The molecule has 0 aromatic rings. The van der Waals surface area contributed by atoms with E-state index in [-0.39, 0.29) is 29.3 Å². The van der Waals surface area contributed by atoms with Crippen molar-refractivity contribution in [1.82, 2.24) is 12.3 Å². The lowest BCUT2D eigenvalue weighted by atomic mass is 11.3. The fourth-order valence-corrected chi connectivity index (χ4v) is 0. The van der Waals surface area contributed by atoms with Gasteiger partial charge in [-0.3, -0.25) is 0 Å². The van der Waals surface area contributed by atoms with Crippen molar-refractivity contribution in [3.63, 3.8) is 0 Å². The SMILES string of the molecule is NC(=O)[O-].[Br-].[NH4+].[NH4+]. The third-order valence-corrected chi connectivity index (χ3v) is 0. The van der Waals surface area contributed by atoms with Crippen molar-refractivity contribution in [3.8, 4) is 0 Å².